The molecule has 0 bridgehead atoms. The van der Waals surface area contributed by atoms with Gasteiger partial charge in [0.05, 0.1) is 6.61 Å². The molecule has 0 spiro atoms. The third-order valence-corrected chi connectivity index (χ3v) is 1.74. The van der Waals surface area contributed by atoms with Gasteiger partial charge in [0.1, 0.15) is 0 Å². The molecule has 1 N–H and O–H groups in total. The molecule has 0 aliphatic heterocycles. The van der Waals surface area contributed by atoms with Crippen molar-refractivity contribution in [2.75, 3.05) is 6.61 Å². The lowest BCUT2D eigenvalue weighted by Gasteiger charge is -2.08. The maximum Gasteiger partial charge on any atom is 0.320 e. The molecule has 0 aromatic heterocycles. The Hall–Kier alpha value is -1.32. The molecule has 1 unspecified atom stereocenters. The van der Waals surface area contributed by atoms with Gasteiger partial charge >= 0.3 is 11.9 Å². The molecule has 4 nitrogen and oxygen atoms in total. The van der Waals surface area contributed by atoms with Crippen molar-refractivity contribution < 1.29 is 19.4 Å². The fourth-order valence-electron chi connectivity index (χ4n) is 0.874. The zero-order chi connectivity index (χ0) is 13.0. The highest BCUT2D eigenvalue weighted by atomic mass is 16.5. The number of carbonyl (C=O) groups is 2. The second-order valence-corrected chi connectivity index (χ2v) is 3.13. The van der Waals surface area contributed by atoms with Crippen LogP contribution in [0.25, 0.3) is 0 Å². The quantitative estimate of drug-likeness (QED) is 0.433. The van der Waals surface area contributed by atoms with E-state index in [4.69, 9.17) is 5.11 Å². The predicted octanol–water partition coefficient (Wildman–Crippen LogP) is 2.63. The minimum atomic E-state index is -1.10. The molecule has 0 fully saturated rings. The van der Waals surface area contributed by atoms with Crippen molar-refractivity contribution in [1.82, 2.24) is 0 Å². The summed E-state index contributed by atoms with van der Waals surface area (Å²) in [7, 11) is 0. The Morgan fingerprint density at radius 2 is 1.88 bits per heavy atom. The number of ether oxygens (including phenoxy) is 1. The molecule has 0 amide bonds. The van der Waals surface area contributed by atoms with Crippen molar-refractivity contribution in [3.8, 4) is 0 Å². The van der Waals surface area contributed by atoms with Gasteiger partial charge in [-0.25, -0.2) is 0 Å². The number of allylic oxidation sites excluding steroid dienone is 1. The fourth-order valence-corrected chi connectivity index (χ4v) is 0.874. The van der Waals surface area contributed by atoms with Crippen LogP contribution in [0.5, 0.6) is 0 Å². The first-order valence-electron chi connectivity index (χ1n) is 5.55. The fraction of sp³-hybridized carbons (Fsp3) is 0.667. The molecule has 0 aliphatic carbocycles. The van der Waals surface area contributed by atoms with Gasteiger partial charge in [0, 0.05) is 0 Å². The molecule has 0 saturated carbocycles. The van der Waals surface area contributed by atoms with Crippen LogP contribution in [0.15, 0.2) is 12.7 Å². The molecule has 0 aromatic carbocycles. The lowest BCUT2D eigenvalue weighted by Crippen LogP contribution is -2.25. The highest BCUT2D eigenvalue weighted by Gasteiger charge is 2.26. The van der Waals surface area contributed by atoms with E-state index in [1.165, 1.54) is 0 Å². The molecule has 0 rings (SSSR count). The minimum Gasteiger partial charge on any atom is -0.481 e. The summed E-state index contributed by atoms with van der Waals surface area (Å²) in [5.41, 5.74) is 0. The highest BCUT2D eigenvalue weighted by molar-refractivity contribution is 5.93. The third kappa shape index (κ3) is 9.24. The molecule has 16 heavy (non-hydrogen) atoms. The van der Waals surface area contributed by atoms with E-state index in [0.29, 0.717) is 12.8 Å². The standard InChI is InChI=1S/C8H14O4.C4H8/c1-3-5-6(7(9)10)8(11)12-4-2;1-3-4-2/h6H,3-5H2,1-2H3,(H,9,10);3H,1,4H2,2H3. The van der Waals surface area contributed by atoms with Crippen molar-refractivity contribution in [3.63, 3.8) is 0 Å². The second kappa shape index (κ2) is 11.8. The van der Waals surface area contributed by atoms with Crippen molar-refractivity contribution >= 4 is 11.9 Å². The summed E-state index contributed by atoms with van der Waals surface area (Å²) in [6.45, 7) is 9.25. The number of hydrogen-bond acceptors (Lipinski definition) is 3. The zero-order valence-electron chi connectivity index (χ0n) is 10.4. The van der Waals surface area contributed by atoms with Crippen LogP contribution in [0.4, 0.5) is 0 Å². The average Bonchev–Trinajstić information content (AvgIpc) is 2.26. The number of rotatable bonds is 6. The van der Waals surface area contributed by atoms with Crippen LogP contribution in [-0.2, 0) is 14.3 Å². The monoisotopic (exact) mass is 230 g/mol. The molecule has 1 atom stereocenters. The van der Waals surface area contributed by atoms with Crippen LogP contribution in [0.2, 0.25) is 0 Å². The van der Waals surface area contributed by atoms with Crippen LogP contribution in [0.1, 0.15) is 40.0 Å². The lowest BCUT2D eigenvalue weighted by atomic mass is 10.0. The van der Waals surface area contributed by atoms with Crippen molar-refractivity contribution in [2.24, 2.45) is 5.92 Å². The number of carboxylic acids is 1. The number of aliphatic carboxylic acids is 1. The Balaban J connectivity index is 0. The first-order chi connectivity index (χ1) is 7.54. The maximum absolute atomic E-state index is 11.0. The van der Waals surface area contributed by atoms with E-state index in [0.717, 1.165) is 6.42 Å². The number of esters is 1. The van der Waals surface area contributed by atoms with Gasteiger partial charge in [0.15, 0.2) is 5.92 Å². The molecule has 0 aromatic rings. The van der Waals surface area contributed by atoms with Crippen LogP contribution in [0.3, 0.4) is 0 Å². The first kappa shape index (κ1) is 17.1. The molecular weight excluding hydrogens is 208 g/mol. The predicted molar refractivity (Wildman–Crippen MR) is 63.2 cm³/mol. The van der Waals surface area contributed by atoms with Crippen LogP contribution < -0.4 is 0 Å². The van der Waals surface area contributed by atoms with Gasteiger partial charge in [-0.1, -0.05) is 26.3 Å². The summed E-state index contributed by atoms with van der Waals surface area (Å²) >= 11 is 0. The van der Waals surface area contributed by atoms with Crippen LogP contribution in [0, 0.1) is 5.92 Å². The van der Waals surface area contributed by atoms with Crippen molar-refractivity contribution in [1.29, 1.82) is 0 Å². The first-order valence-corrected chi connectivity index (χ1v) is 5.55. The van der Waals surface area contributed by atoms with Gasteiger partial charge in [-0.2, -0.15) is 0 Å². The number of carboxylic acid groups (broad SMARTS) is 1. The van der Waals surface area contributed by atoms with Crippen LogP contribution in [-0.4, -0.2) is 23.7 Å². The van der Waals surface area contributed by atoms with E-state index in [1.807, 2.05) is 13.0 Å². The summed E-state index contributed by atoms with van der Waals surface area (Å²) in [6.07, 6.45) is 3.96. The highest BCUT2D eigenvalue weighted by Crippen LogP contribution is 2.08. The normalized spacial score (nSPS) is 10.7. The summed E-state index contributed by atoms with van der Waals surface area (Å²) < 4.78 is 4.60. The molecule has 0 heterocycles. The molecular formula is C12H22O4. The zero-order valence-corrected chi connectivity index (χ0v) is 10.4. The van der Waals surface area contributed by atoms with E-state index in [-0.39, 0.29) is 6.61 Å². The minimum absolute atomic E-state index is 0.228. The topological polar surface area (TPSA) is 63.6 Å². The molecule has 0 saturated heterocycles. The Morgan fingerprint density at radius 3 is 2.12 bits per heavy atom. The van der Waals surface area contributed by atoms with Gasteiger partial charge in [0.25, 0.3) is 0 Å². The van der Waals surface area contributed by atoms with Gasteiger partial charge < -0.3 is 9.84 Å². The van der Waals surface area contributed by atoms with Crippen LogP contribution >= 0.6 is 0 Å². The van der Waals surface area contributed by atoms with Crippen molar-refractivity contribution in [3.05, 3.63) is 12.7 Å². The van der Waals surface area contributed by atoms with Gasteiger partial charge in [-0.15, -0.1) is 6.58 Å². The van der Waals surface area contributed by atoms with E-state index in [9.17, 15) is 9.59 Å². The number of carbonyl (C=O) groups excluding carboxylic acids is 1. The van der Waals surface area contributed by atoms with E-state index in [2.05, 4.69) is 18.2 Å². The summed E-state index contributed by atoms with van der Waals surface area (Å²) in [5, 5.41) is 8.60. The van der Waals surface area contributed by atoms with E-state index >= 15 is 0 Å². The van der Waals surface area contributed by atoms with Gasteiger partial charge in [-0.3, -0.25) is 9.59 Å². The van der Waals surface area contributed by atoms with E-state index < -0.39 is 17.9 Å². The smallest absolute Gasteiger partial charge is 0.320 e. The third-order valence-electron chi connectivity index (χ3n) is 1.74. The van der Waals surface area contributed by atoms with Crippen molar-refractivity contribution in [2.45, 2.75) is 40.0 Å². The molecule has 4 heteroatoms. The average molecular weight is 230 g/mol. The summed E-state index contributed by atoms with van der Waals surface area (Å²) in [4.78, 5) is 21.5. The Bertz CT molecular complexity index is 211. The number of hydrogen-bond donors (Lipinski definition) is 1. The molecule has 0 radical (unpaired) electrons. The molecule has 0 aliphatic rings. The maximum atomic E-state index is 11.0. The summed E-state index contributed by atoms with van der Waals surface area (Å²) in [6, 6.07) is 0. The largest absolute Gasteiger partial charge is 0.481 e. The second-order valence-electron chi connectivity index (χ2n) is 3.13. The van der Waals surface area contributed by atoms with Gasteiger partial charge in [-0.05, 0) is 19.8 Å². The van der Waals surface area contributed by atoms with E-state index in [1.54, 1.807) is 6.92 Å². The Labute approximate surface area is 97.3 Å². The SMILES string of the molecule is C=CCC.CCCC(C(=O)O)C(=O)OCC. The lowest BCUT2D eigenvalue weighted by molar-refractivity contribution is -0.158. The Kier molecular flexibility index (Phi) is 12.6. The summed E-state index contributed by atoms with van der Waals surface area (Å²) in [5.74, 6) is -2.72. The molecule has 94 valence electrons. The Morgan fingerprint density at radius 1 is 1.38 bits per heavy atom. The van der Waals surface area contributed by atoms with Gasteiger partial charge in [0.2, 0.25) is 0 Å².